The van der Waals surface area contributed by atoms with E-state index < -0.39 is 4.92 Å². The molecule has 186 valence electrons. The third kappa shape index (κ3) is 4.76. The van der Waals surface area contributed by atoms with Crippen LogP contribution in [0.2, 0.25) is 0 Å². The quantitative estimate of drug-likeness (QED) is 0.388. The molecule has 3 heterocycles. The normalized spacial score (nSPS) is 20.1. The Morgan fingerprint density at radius 3 is 2.47 bits per heavy atom. The van der Waals surface area contributed by atoms with Crippen molar-refractivity contribution in [2.24, 2.45) is 0 Å². The molecule has 2 aliphatic rings. The first-order chi connectivity index (χ1) is 17.4. The number of rotatable bonds is 5. The van der Waals surface area contributed by atoms with Crippen LogP contribution in [0.1, 0.15) is 39.3 Å². The fourth-order valence-electron chi connectivity index (χ4n) is 5.22. The number of nitro benzene ring substituents is 1. The number of hydrogen-bond acceptors (Lipinski definition) is 6. The van der Waals surface area contributed by atoms with Crippen LogP contribution in [0.5, 0.6) is 0 Å². The number of nitrogens with zero attached hydrogens (tertiary/aromatic N) is 4. The number of benzene rings is 2. The zero-order chi connectivity index (χ0) is 25.2. The first-order valence-corrected chi connectivity index (χ1v) is 13.0. The molecule has 36 heavy (non-hydrogen) atoms. The molecule has 8 nitrogen and oxygen atoms in total. The highest BCUT2D eigenvalue weighted by Gasteiger charge is 2.34. The second kappa shape index (κ2) is 10.2. The maximum atomic E-state index is 13.4. The van der Waals surface area contributed by atoms with Crippen LogP contribution in [0.25, 0.3) is 0 Å². The van der Waals surface area contributed by atoms with E-state index in [0.717, 1.165) is 13.0 Å². The maximum absolute atomic E-state index is 13.4. The van der Waals surface area contributed by atoms with Crippen molar-refractivity contribution in [2.45, 2.75) is 25.4 Å². The second-order valence-corrected chi connectivity index (χ2v) is 10.3. The Kier molecular flexibility index (Phi) is 6.84. The fraction of sp³-hybridized carbons (Fsp3) is 0.333. The van der Waals surface area contributed by atoms with Gasteiger partial charge in [0.1, 0.15) is 0 Å². The summed E-state index contributed by atoms with van der Waals surface area (Å²) in [6.07, 6.45) is 0.942. The van der Waals surface area contributed by atoms with Gasteiger partial charge in [0, 0.05) is 54.8 Å². The number of thiophene rings is 1. The molecule has 3 aromatic rings. The standard InChI is InChI=1S/C27H28N4O4S/c1-19-17-28(14-15-30(19)27(33)21-7-9-22(10-8-21)31(34)35)25(32)18-29-13-11-24-23(12-16-36-24)26(29)20-5-3-2-4-6-20/h2-10,12,16,19,26H,11,13-15,17-18H2,1H3/t19-,26-/m0/s1. The third-order valence-corrected chi connectivity index (χ3v) is 8.08. The summed E-state index contributed by atoms with van der Waals surface area (Å²) in [5, 5.41) is 13.0. The van der Waals surface area contributed by atoms with E-state index in [4.69, 9.17) is 0 Å². The summed E-state index contributed by atoms with van der Waals surface area (Å²) in [6.45, 7) is 4.46. The van der Waals surface area contributed by atoms with Crippen LogP contribution in [0.15, 0.2) is 66.0 Å². The highest BCUT2D eigenvalue weighted by Crippen LogP contribution is 2.37. The van der Waals surface area contributed by atoms with Crippen LogP contribution in [-0.4, -0.2) is 70.2 Å². The van der Waals surface area contributed by atoms with Crippen molar-refractivity contribution in [2.75, 3.05) is 32.7 Å². The maximum Gasteiger partial charge on any atom is 0.269 e. The molecule has 2 aliphatic heterocycles. The lowest BCUT2D eigenvalue weighted by molar-refractivity contribution is -0.384. The van der Waals surface area contributed by atoms with Crippen molar-refractivity contribution in [3.8, 4) is 0 Å². The largest absolute Gasteiger partial charge is 0.338 e. The summed E-state index contributed by atoms with van der Waals surface area (Å²) < 4.78 is 0. The number of nitro groups is 1. The minimum absolute atomic E-state index is 0.0453. The van der Waals surface area contributed by atoms with Gasteiger partial charge in [-0.25, -0.2) is 0 Å². The SMILES string of the molecule is C[C@H]1CN(C(=O)CN2CCc3sccc3[C@@H]2c2ccccc2)CCN1C(=O)c1ccc([N+](=O)[O-])cc1. The molecule has 1 aromatic heterocycles. The fourth-order valence-corrected chi connectivity index (χ4v) is 6.12. The lowest BCUT2D eigenvalue weighted by Gasteiger charge is -2.42. The number of non-ortho nitro benzene ring substituents is 1. The van der Waals surface area contributed by atoms with Gasteiger partial charge in [0.2, 0.25) is 5.91 Å². The Morgan fingerprint density at radius 2 is 1.78 bits per heavy atom. The van der Waals surface area contributed by atoms with Crippen LogP contribution in [-0.2, 0) is 11.2 Å². The smallest absolute Gasteiger partial charge is 0.269 e. The first-order valence-electron chi connectivity index (χ1n) is 12.1. The molecule has 9 heteroatoms. The van der Waals surface area contributed by atoms with Crippen LogP contribution in [0, 0.1) is 10.1 Å². The van der Waals surface area contributed by atoms with Gasteiger partial charge in [0.15, 0.2) is 0 Å². The van der Waals surface area contributed by atoms with Crippen molar-refractivity contribution in [3.63, 3.8) is 0 Å². The molecule has 0 saturated carbocycles. The molecule has 0 radical (unpaired) electrons. The molecule has 2 atom stereocenters. The molecule has 0 unspecified atom stereocenters. The predicted octanol–water partition coefficient (Wildman–Crippen LogP) is 3.98. The van der Waals surface area contributed by atoms with Crippen molar-refractivity contribution in [1.29, 1.82) is 0 Å². The molecular formula is C27H28N4O4S. The van der Waals surface area contributed by atoms with E-state index in [0.29, 0.717) is 31.7 Å². The van der Waals surface area contributed by atoms with Gasteiger partial charge in [-0.3, -0.25) is 24.6 Å². The van der Waals surface area contributed by atoms with Crippen molar-refractivity contribution >= 4 is 28.8 Å². The number of amides is 2. The Hall–Kier alpha value is -3.56. The lowest BCUT2D eigenvalue weighted by atomic mass is 9.93. The molecular weight excluding hydrogens is 476 g/mol. The highest BCUT2D eigenvalue weighted by molar-refractivity contribution is 7.10. The minimum Gasteiger partial charge on any atom is -0.338 e. The summed E-state index contributed by atoms with van der Waals surface area (Å²) in [5.41, 5.74) is 2.85. The van der Waals surface area contributed by atoms with Gasteiger partial charge in [0.05, 0.1) is 17.5 Å². The van der Waals surface area contributed by atoms with Crippen molar-refractivity contribution in [3.05, 3.63) is 97.7 Å². The highest BCUT2D eigenvalue weighted by atomic mass is 32.1. The summed E-state index contributed by atoms with van der Waals surface area (Å²) >= 11 is 1.78. The predicted molar refractivity (Wildman–Crippen MR) is 138 cm³/mol. The number of fused-ring (bicyclic) bond motifs is 1. The Bertz CT molecular complexity index is 1260. The molecule has 1 saturated heterocycles. The van der Waals surface area contributed by atoms with Crippen LogP contribution < -0.4 is 0 Å². The van der Waals surface area contributed by atoms with Gasteiger partial charge in [-0.2, -0.15) is 0 Å². The number of piperazine rings is 1. The van der Waals surface area contributed by atoms with E-state index >= 15 is 0 Å². The van der Waals surface area contributed by atoms with Gasteiger partial charge in [0.25, 0.3) is 11.6 Å². The van der Waals surface area contributed by atoms with Crippen LogP contribution in [0.3, 0.4) is 0 Å². The number of hydrogen-bond donors (Lipinski definition) is 0. The monoisotopic (exact) mass is 504 g/mol. The molecule has 2 amide bonds. The van der Waals surface area contributed by atoms with Crippen molar-refractivity contribution < 1.29 is 14.5 Å². The van der Waals surface area contributed by atoms with E-state index in [1.165, 1.54) is 40.3 Å². The average Bonchev–Trinajstić information content (AvgIpc) is 3.37. The van der Waals surface area contributed by atoms with Crippen LogP contribution in [0.4, 0.5) is 5.69 Å². The van der Waals surface area contributed by atoms with Gasteiger partial charge in [-0.05, 0) is 48.1 Å². The number of carbonyl (C=O) groups is 2. The van der Waals surface area contributed by atoms with Gasteiger partial charge >= 0.3 is 0 Å². The molecule has 0 aliphatic carbocycles. The van der Waals surface area contributed by atoms with E-state index in [2.05, 4.69) is 28.5 Å². The van der Waals surface area contributed by atoms with E-state index in [9.17, 15) is 19.7 Å². The average molecular weight is 505 g/mol. The molecule has 2 aromatic carbocycles. The zero-order valence-electron chi connectivity index (χ0n) is 20.1. The minimum atomic E-state index is -0.481. The summed E-state index contributed by atoms with van der Waals surface area (Å²) in [4.78, 5) is 44.1. The Morgan fingerprint density at radius 1 is 1.03 bits per heavy atom. The zero-order valence-corrected chi connectivity index (χ0v) is 20.9. The molecule has 0 N–H and O–H groups in total. The van der Waals surface area contributed by atoms with Crippen molar-refractivity contribution in [1.82, 2.24) is 14.7 Å². The molecule has 0 spiro atoms. The topological polar surface area (TPSA) is 87.0 Å². The first kappa shape index (κ1) is 24.1. The molecule has 1 fully saturated rings. The van der Waals surface area contributed by atoms with Gasteiger partial charge in [-0.15, -0.1) is 11.3 Å². The third-order valence-electron chi connectivity index (χ3n) is 7.09. The van der Waals surface area contributed by atoms with Gasteiger partial charge in [-0.1, -0.05) is 30.3 Å². The second-order valence-electron chi connectivity index (χ2n) is 9.32. The Balaban J connectivity index is 1.25. The summed E-state index contributed by atoms with van der Waals surface area (Å²) in [7, 11) is 0. The van der Waals surface area contributed by atoms with E-state index in [1.54, 1.807) is 16.2 Å². The number of carbonyl (C=O) groups excluding carboxylic acids is 2. The summed E-state index contributed by atoms with van der Waals surface area (Å²) in [5.74, 6) is -0.0986. The van der Waals surface area contributed by atoms with Crippen LogP contribution >= 0.6 is 11.3 Å². The lowest BCUT2D eigenvalue weighted by Crippen LogP contribution is -2.57. The van der Waals surface area contributed by atoms with E-state index in [-0.39, 0.29) is 29.6 Å². The Labute approximate surface area is 213 Å². The summed E-state index contributed by atoms with van der Waals surface area (Å²) in [6, 6.07) is 18.1. The molecule has 5 rings (SSSR count). The van der Waals surface area contributed by atoms with Gasteiger partial charge < -0.3 is 9.80 Å². The van der Waals surface area contributed by atoms with E-state index in [1.807, 2.05) is 30.0 Å². The molecule has 0 bridgehead atoms.